The Kier molecular flexibility index (Phi) is 9.40. The van der Waals surface area contributed by atoms with E-state index in [1.54, 1.807) is 6.07 Å². The molecule has 1 atom stereocenters. The lowest BCUT2D eigenvalue weighted by molar-refractivity contribution is 0.146. The van der Waals surface area contributed by atoms with Gasteiger partial charge in [-0.05, 0) is 62.5 Å². The van der Waals surface area contributed by atoms with Gasteiger partial charge in [-0.2, -0.15) is 0 Å². The fourth-order valence-corrected chi connectivity index (χ4v) is 3.58. The normalized spacial score (nSPS) is 22.9. The van der Waals surface area contributed by atoms with Crippen LogP contribution in [0.1, 0.15) is 30.9 Å². The third kappa shape index (κ3) is 5.87. The van der Waals surface area contributed by atoms with Gasteiger partial charge in [0.15, 0.2) is 0 Å². The molecule has 6 heteroatoms. The maximum absolute atomic E-state index is 13.5. The molecular formula is C17H28Cl2FN3. The highest BCUT2D eigenvalue weighted by Gasteiger charge is 2.24. The number of nitrogens with one attached hydrogen (secondary N) is 2. The highest BCUT2D eigenvalue weighted by atomic mass is 35.5. The maximum atomic E-state index is 13.5. The SMILES string of the molecule is Cl.Cl.Fc1cccc(C2CNCCN2CCC2CCNCC2)c1. The number of hydrogen-bond acceptors (Lipinski definition) is 3. The summed E-state index contributed by atoms with van der Waals surface area (Å²) in [7, 11) is 0. The molecule has 23 heavy (non-hydrogen) atoms. The number of nitrogens with zero attached hydrogens (tertiary/aromatic N) is 1. The standard InChI is InChI=1S/C17H26FN3.2ClH/c18-16-3-1-2-15(12-16)17-13-20-9-11-21(17)10-6-14-4-7-19-8-5-14;;/h1-3,12,14,17,19-20H,4-11,13H2;2*1H. The van der Waals surface area contributed by atoms with Crippen LogP contribution in [0, 0.1) is 11.7 Å². The Morgan fingerprint density at radius 3 is 2.61 bits per heavy atom. The van der Waals surface area contributed by atoms with Crippen molar-refractivity contribution in [3.05, 3.63) is 35.6 Å². The molecule has 2 N–H and O–H groups in total. The fraction of sp³-hybridized carbons (Fsp3) is 0.647. The Bertz CT molecular complexity index is 455. The lowest BCUT2D eigenvalue weighted by Crippen LogP contribution is -2.46. The van der Waals surface area contributed by atoms with Crippen molar-refractivity contribution >= 4 is 24.8 Å². The molecule has 2 aliphatic heterocycles. The molecule has 0 saturated carbocycles. The maximum Gasteiger partial charge on any atom is 0.123 e. The van der Waals surface area contributed by atoms with E-state index in [-0.39, 0.29) is 30.6 Å². The van der Waals surface area contributed by atoms with Crippen LogP contribution in [-0.4, -0.2) is 44.2 Å². The van der Waals surface area contributed by atoms with Crippen LogP contribution in [-0.2, 0) is 0 Å². The van der Waals surface area contributed by atoms with E-state index in [9.17, 15) is 4.39 Å². The fourth-order valence-electron chi connectivity index (χ4n) is 3.58. The molecule has 2 aliphatic rings. The van der Waals surface area contributed by atoms with Crippen LogP contribution in [0.15, 0.2) is 24.3 Å². The van der Waals surface area contributed by atoms with Crippen molar-refractivity contribution in [1.82, 2.24) is 15.5 Å². The number of piperidine rings is 1. The van der Waals surface area contributed by atoms with E-state index in [0.29, 0.717) is 6.04 Å². The predicted molar refractivity (Wildman–Crippen MR) is 98.3 cm³/mol. The highest BCUT2D eigenvalue weighted by Crippen LogP contribution is 2.25. The number of rotatable bonds is 4. The first-order valence-corrected chi connectivity index (χ1v) is 8.24. The van der Waals surface area contributed by atoms with E-state index in [1.807, 2.05) is 6.07 Å². The second kappa shape index (κ2) is 10.5. The smallest absolute Gasteiger partial charge is 0.123 e. The van der Waals surface area contributed by atoms with Crippen molar-refractivity contribution < 1.29 is 4.39 Å². The minimum Gasteiger partial charge on any atom is -0.317 e. The average molecular weight is 364 g/mol. The molecule has 0 spiro atoms. The van der Waals surface area contributed by atoms with E-state index in [1.165, 1.54) is 38.4 Å². The van der Waals surface area contributed by atoms with Crippen LogP contribution >= 0.6 is 24.8 Å². The number of piperazine rings is 1. The first-order chi connectivity index (χ1) is 10.3. The van der Waals surface area contributed by atoms with E-state index >= 15 is 0 Å². The van der Waals surface area contributed by atoms with Crippen molar-refractivity contribution in [3.63, 3.8) is 0 Å². The number of hydrogen-bond donors (Lipinski definition) is 2. The average Bonchev–Trinajstić information content (AvgIpc) is 2.54. The molecule has 0 bridgehead atoms. The van der Waals surface area contributed by atoms with Crippen molar-refractivity contribution in [2.75, 3.05) is 39.3 Å². The highest BCUT2D eigenvalue weighted by molar-refractivity contribution is 5.85. The number of benzene rings is 1. The summed E-state index contributed by atoms with van der Waals surface area (Å²) in [6, 6.07) is 7.41. The van der Waals surface area contributed by atoms with Gasteiger partial charge in [-0.3, -0.25) is 4.90 Å². The molecule has 3 rings (SSSR count). The van der Waals surface area contributed by atoms with Gasteiger partial charge in [0, 0.05) is 25.7 Å². The van der Waals surface area contributed by atoms with Gasteiger partial charge >= 0.3 is 0 Å². The van der Waals surface area contributed by atoms with Gasteiger partial charge in [0.05, 0.1) is 0 Å². The summed E-state index contributed by atoms with van der Waals surface area (Å²) >= 11 is 0. The zero-order valence-corrected chi connectivity index (χ0v) is 15.1. The summed E-state index contributed by atoms with van der Waals surface area (Å²) in [5.41, 5.74) is 1.10. The number of halogens is 3. The summed E-state index contributed by atoms with van der Waals surface area (Å²) in [6.07, 6.45) is 3.88. The lowest BCUT2D eigenvalue weighted by atomic mass is 9.93. The second-order valence-electron chi connectivity index (χ2n) is 6.29. The molecule has 0 aliphatic carbocycles. The second-order valence-corrected chi connectivity index (χ2v) is 6.29. The zero-order valence-electron chi connectivity index (χ0n) is 13.5. The van der Waals surface area contributed by atoms with Crippen molar-refractivity contribution in [1.29, 1.82) is 0 Å². The van der Waals surface area contributed by atoms with Crippen molar-refractivity contribution in [2.24, 2.45) is 5.92 Å². The summed E-state index contributed by atoms with van der Waals surface area (Å²) in [5, 5.41) is 6.87. The van der Waals surface area contributed by atoms with Gasteiger partial charge in [-0.25, -0.2) is 4.39 Å². The van der Waals surface area contributed by atoms with Crippen molar-refractivity contribution in [3.8, 4) is 0 Å². The van der Waals surface area contributed by atoms with Crippen LogP contribution in [0.5, 0.6) is 0 Å². The quantitative estimate of drug-likeness (QED) is 0.860. The van der Waals surface area contributed by atoms with Gasteiger partial charge < -0.3 is 10.6 Å². The Morgan fingerprint density at radius 2 is 1.87 bits per heavy atom. The first kappa shape index (κ1) is 20.7. The first-order valence-electron chi connectivity index (χ1n) is 8.24. The van der Waals surface area contributed by atoms with E-state index in [0.717, 1.165) is 37.7 Å². The molecule has 2 saturated heterocycles. The van der Waals surface area contributed by atoms with Gasteiger partial charge in [0.1, 0.15) is 5.82 Å². The van der Waals surface area contributed by atoms with Crippen LogP contribution in [0.4, 0.5) is 4.39 Å². The predicted octanol–water partition coefficient (Wildman–Crippen LogP) is 3.01. The van der Waals surface area contributed by atoms with Crippen LogP contribution in [0.25, 0.3) is 0 Å². The Morgan fingerprint density at radius 1 is 1.09 bits per heavy atom. The van der Waals surface area contributed by atoms with Gasteiger partial charge in [0.25, 0.3) is 0 Å². The molecular weight excluding hydrogens is 336 g/mol. The largest absolute Gasteiger partial charge is 0.317 e. The third-order valence-corrected chi connectivity index (χ3v) is 4.87. The molecule has 1 unspecified atom stereocenters. The summed E-state index contributed by atoms with van der Waals surface area (Å²) in [6.45, 7) is 6.49. The summed E-state index contributed by atoms with van der Waals surface area (Å²) in [4.78, 5) is 2.54. The molecule has 0 amide bonds. The van der Waals surface area contributed by atoms with Crippen LogP contribution in [0.3, 0.4) is 0 Å². The van der Waals surface area contributed by atoms with E-state index < -0.39 is 0 Å². The summed E-state index contributed by atoms with van der Waals surface area (Å²) < 4.78 is 13.5. The Labute approximate surface area is 151 Å². The Balaban J connectivity index is 0.00000132. The third-order valence-electron chi connectivity index (χ3n) is 4.87. The molecule has 1 aromatic rings. The van der Waals surface area contributed by atoms with Gasteiger partial charge in [-0.1, -0.05) is 12.1 Å². The van der Waals surface area contributed by atoms with Crippen LogP contribution < -0.4 is 10.6 Å². The molecule has 2 heterocycles. The van der Waals surface area contributed by atoms with Crippen molar-refractivity contribution in [2.45, 2.75) is 25.3 Å². The van der Waals surface area contributed by atoms with Gasteiger partial charge in [-0.15, -0.1) is 24.8 Å². The molecule has 0 aromatic heterocycles. The van der Waals surface area contributed by atoms with E-state index in [4.69, 9.17) is 0 Å². The molecule has 0 radical (unpaired) electrons. The topological polar surface area (TPSA) is 27.3 Å². The molecule has 2 fully saturated rings. The molecule has 132 valence electrons. The lowest BCUT2D eigenvalue weighted by Gasteiger charge is -2.37. The Hall–Kier alpha value is -0.390. The zero-order chi connectivity index (χ0) is 14.5. The molecule has 1 aromatic carbocycles. The summed E-state index contributed by atoms with van der Waals surface area (Å²) in [5.74, 6) is 0.727. The van der Waals surface area contributed by atoms with E-state index in [2.05, 4.69) is 21.6 Å². The minimum absolute atomic E-state index is 0. The molecule has 3 nitrogen and oxygen atoms in total. The van der Waals surface area contributed by atoms with Crippen LogP contribution in [0.2, 0.25) is 0 Å². The monoisotopic (exact) mass is 363 g/mol. The van der Waals surface area contributed by atoms with Gasteiger partial charge in [0.2, 0.25) is 0 Å². The minimum atomic E-state index is -0.128.